The molecule has 1 rings (SSSR count). The summed E-state index contributed by atoms with van der Waals surface area (Å²) in [7, 11) is 3.96. The van der Waals surface area contributed by atoms with Crippen LogP contribution in [0.25, 0.3) is 0 Å². The number of benzene rings is 1. The zero-order chi connectivity index (χ0) is 12.8. The van der Waals surface area contributed by atoms with Crippen LogP contribution in [0.5, 0.6) is 5.75 Å². The van der Waals surface area contributed by atoms with Gasteiger partial charge in [0.05, 0.1) is 11.5 Å². The normalized spacial score (nSPS) is 10.6. The van der Waals surface area contributed by atoms with E-state index in [2.05, 4.69) is 0 Å². The second kappa shape index (κ2) is 6.20. The van der Waals surface area contributed by atoms with Gasteiger partial charge in [-0.1, -0.05) is 6.07 Å². The number of nitro benzene ring substituents is 1. The first-order chi connectivity index (χ1) is 8.00. The van der Waals surface area contributed by atoms with E-state index in [1.54, 1.807) is 12.1 Å². The molecule has 0 heterocycles. The van der Waals surface area contributed by atoms with Gasteiger partial charge >= 0.3 is 5.69 Å². The second-order valence-electron chi connectivity index (χ2n) is 4.23. The minimum Gasteiger partial charge on any atom is -0.487 e. The van der Waals surface area contributed by atoms with Gasteiger partial charge in [-0.05, 0) is 39.1 Å². The molecule has 0 spiro atoms. The van der Waals surface area contributed by atoms with Gasteiger partial charge in [0.2, 0.25) is 0 Å². The average Bonchev–Trinajstić information content (AvgIpc) is 2.23. The Morgan fingerprint density at radius 3 is 2.71 bits per heavy atom. The lowest BCUT2D eigenvalue weighted by Crippen LogP contribution is -2.15. The summed E-state index contributed by atoms with van der Waals surface area (Å²) in [5, 5.41) is 10.8. The molecule has 94 valence electrons. The molecule has 0 radical (unpaired) electrons. The molecule has 5 heteroatoms. The van der Waals surface area contributed by atoms with Gasteiger partial charge in [-0.15, -0.1) is 0 Å². The third-order valence-corrected chi connectivity index (χ3v) is 2.32. The van der Waals surface area contributed by atoms with Crippen molar-refractivity contribution in [2.24, 2.45) is 0 Å². The third kappa shape index (κ3) is 4.40. The Morgan fingerprint density at radius 1 is 1.41 bits per heavy atom. The number of nitro groups is 1. The van der Waals surface area contributed by atoms with Crippen LogP contribution in [0.3, 0.4) is 0 Å². The maximum atomic E-state index is 10.8. The van der Waals surface area contributed by atoms with Gasteiger partial charge in [-0.2, -0.15) is 0 Å². The van der Waals surface area contributed by atoms with Crippen molar-refractivity contribution in [1.29, 1.82) is 0 Å². The molecule has 0 saturated heterocycles. The van der Waals surface area contributed by atoms with Gasteiger partial charge < -0.3 is 9.64 Å². The van der Waals surface area contributed by atoms with E-state index >= 15 is 0 Å². The molecule has 0 aliphatic heterocycles. The van der Waals surface area contributed by atoms with E-state index in [0.717, 1.165) is 18.5 Å². The number of aryl methyl sites for hydroxylation is 1. The summed E-state index contributed by atoms with van der Waals surface area (Å²) < 4.78 is 5.46. The Balaban J connectivity index is 2.62. The van der Waals surface area contributed by atoms with E-state index in [9.17, 15) is 10.1 Å². The number of hydrogen-bond donors (Lipinski definition) is 0. The fourth-order valence-electron chi connectivity index (χ4n) is 1.45. The quantitative estimate of drug-likeness (QED) is 0.433. The number of hydrogen-bond acceptors (Lipinski definition) is 4. The van der Waals surface area contributed by atoms with Crippen molar-refractivity contribution in [3.63, 3.8) is 0 Å². The summed E-state index contributed by atoms with van der Waals surface area (Å²) in [4.78, 5) is 12.4. The van der Waals surface area contributed by atoms with Crippen molar-refractivity contribution in [1.82, 2.24) is 4.90 Å². The van der Waals surface area contributed by atoms with Crippen LogP contribution in [0, 0.1) is 17.0 Å². The lowest BCUT2D eigenvalue weighted by atomic mass is 10.2. The van der Waals surface area contributed by atoms with Gasteiger partial charge in [0.15, 0.2) is 5.75 Å². The van der Waals surface area contributed by atoms with E-state index in [4.69, 9.17) is 4.74 Å². The molecule has 0 amide bonds. The topological polar surface area (TPSA) is 55.6 Å². The molecule has 0 unspecified atom stereocenters. The fraction of sp³-hybridized carbons (Fsp3) is 0.500. The highest BCUT2D eigenvalue weighted by molar-refractivity contribution is 5.48. The monoisotopic (exact) mass is 238 g/mol. The minimum absolute atomic E-state index is 0.0282. The van der Waals surface area contributed by atoms with Crippen molar-refractivity contribution in [3.8, 4) is 5.75 Å². The molecule has 0 bridgehead atoms. The number of rotatable bonds is 6. The van der Waals surface area contributed by atoms with Gasteiger partial charge in [-0.3, -0.25) is 10.1 Å². The van der Waals surface area contributed by atoms with Crippen molar-refractivity contribution in [2.45, 2.75) is 13.3 Å². The van der Waals surface area contributed by atoms with Crippen molar-refractivity contribution in [3.05, 3.63) is 33.9 Å². The van der Waals surface area contributed by atoms with Crippen LogP contribution >= 0.6 is 0 Å². The van der Waals surface area contributed by atoms with Crippen LogP contribution in [0.4, 0.5) is 5.69 Å². The predicted octanol–water partition coefficient (Wildman–Crippen LogP) is 2.23. The molecule has 5 nitrogen and oxygen atoms in total. The predicted molar refractivity (Wildman–Crippen MR) is 66.5 cm³/mol. The molecule has 1 aromatic rings. The summed E-state index contributed by atoms with van der Waals surface area (Å²) in [6.07, 6.45) is 0.845. The van der Waals surface area contributed by atoms with Crippen molar-refractivity contribution < 1.29 is 9.66 Å². The molecule has 0 aliphatic rings. The Kier molecular flexibility index (Phi) is 4.90. The van der Waals surface area contributed by atoms with Gasteiger partial charge in [0.25, 0.3) is 0 Å². The van der Waals surface area contributed by atoms with Crippen LogP contribution in [0.15, 0.2) is 18.2 Å². The van der Waals surface area contributed by atoms with E-state index in [0.29, 0.717) is 12.4 Å². The molecule has 0 aliphatic carbocycles. The third-order valence-electron chi connectivity index (χ3n) is 2.32. The maximum absolute atomic E-state index is 10.8. The molecule has 0 atom stereocenters. The van der Waals surface area contributed by atoms with E-state index < -0.39 is 4.92 Å². The molecule has 0 N–H and O–H groups in total. The average molecular weight is 238 g/mol. The lowest BCUT2D eigenvalue weighted by Gasteiger charge is -2.10. The zero-order valence-electron chi connectivity index (χ0n) is 10.5. The Labute approximate surface area is 101 Å². The molecular formula is C12H18N2O3. The van der Waals surface area contributed by atoms with Gasteiger partial charge in [0.1, 0.15) is 0 Å². The number of nitrogens with zero attached hydrogens (tertiary/aromatic N) is 2. The van der Waals surface area contributed by atoms with Crippen LogP contribution in [-0.2, 0) is 0 Å². The SMILES string of the molecule is Cc1ccc([N+](=O)[O-])c(OCCCN(C)C)c1. The van der Waals surface area contributed by atoms with Crippen molar-refractivity contribution >= 4 is 5.69 Å². The Morgan fingerprint density at radius 2 is 2.12 bits per heavy atom. The standard InChI is InChI=1S/C12H18N2O3/c1-10-5-6-11(14(15)16)12(9-10)17-8-4-7-13(2)3/h5-6,9H,4,7-8H2,1-3H3. The summed E-state index contributed by atoms with van der Waals surface area (Å²) in [6, 6.07) is 4.90. The van der Waals surface area contributed by atoms with Crippen LogP contribution in [0.2, 0.25) is 0 Å². The highest BCUT2D eigenvalue weighted by Crippen LogP contribution is 2.27. The van der Waals surface area contributed by atoms with E-state index in [-0.39, 0.29) is 5.69 Å². The molecule has 0 saturated carbocycles. The van der Waals surface area contributed by atoms with Crippen LogP contribution in [-0.4, -0.2) is 37.1 Å². The first kappa shape index (κ1) is 13.4. The smallest absolute Gasteiger partial charge is 0.310 e. The summed E-state index contributed by atoms with van der Waals surface area (Å²) in [5.41, 5.74) is 0.985. The molecule has 17 heavy (non-hydrogen) atoms. The molecule has 0 fully saturated rings. The zero-order valence-corrected chi connectivity index (χ0v) is 10.5. The Hall–Kier alpha value is -1.62. The van der Waals surface area contributed by atoms with Crippen molar-refractivity contribution in [2.75, 3.05) is 27.2 Å². The lowest BCUT2D eigenvalue weighted by molar-refractivity contribution is -0.385. The highest BCUT2D eigenvalue weighted by Gasteiger charge is 2.14. The second-order valence-corrected chi connectivity index (χ2v) is 4.23. The van der Waals surface area contributed by atoms with Gasteiger partial charge in [0, 0.05) is 12.6 Å². The summed E-state index contributed by atoms with van der Waals surface area (Å²) in [5.74, 6) is 0.355. The fourth-order valence-corrected chi connectivity index (χ4v) is 1.45. The van der Waals surface area contributed by atoms with Crippen LogP contribution < -0.4 is 4.74 Å². The highest BCUT2D eigenvalue weighted by atomic mass is 16.6. The Bertz CT molecular complexity index is 391. The first-order valence-electron chi connectivity index (χ1n) is 5.53. The van der Waals surface area contributed by atoms with Gasteiger partial charge in [-0.25, -0.2) is 0 Å². The minimum atomic E-state index is -0.416. The summed E-state index contributed by atoms with van der Waals surface area (Å²) in [6.45, 7) is 3.28. The van der Waals surface area contributed by atoms with E-state index in [1.807, 2.05) is 25.9 Å². The molecule has 0 aromatic heterocycles. The first-order valence-corrected chi connectivity index (χ1v) is 5.53. The molecule has 1 aromatic carbocycles. The maximum Gasteiger partial charge on any atom is 0.310 e. The number of ether oxygens (including phenoxy) is 1. The van der Waals surface area contributed by atoms with Crippen LogP contribution in [0.1, 0.15) is 12.0 Å². The molecular weight excluding hydrogens is 220 g/mol. The largest absolute Gasteiger partial charge is 0.487 e. The summed E-state index contributed by atoms with van der Waals surface area (Å²) >= 11 is 0. The van der Waals surface area contributed by atoms with E-state index in [1.165, 1.54) is 6.07 Å².